The van der Waals surface area contributed by atoms with Crippen LogP contribution in [0.3, 0.4) is 0 Å². The fourth-order valence-electron chi connectivity index (χ4n) is 0.880. The van der Waals surface area contributed by atoms with Crippen molar-refractivity contribution in [2.75, 3.05) is 12.3 Å². The van der Waals surface area contributed by atoms with Gasteiger partial charge in [-0.1, -0.05) is 6.08 Å². The Bertz CT molecular complexity index is 299. The minimum Gasteiger partial charge on any atom is -0.297 e. The second kappa shape index (κ2) is 3.03. The molecule has 0 aliphatic carbocycles. The number of hydrogen-bond acceptors (Lipinski definition) is 4. The van der Waals surface area contributed by atoms with Crippen LogP contribution in [0.5, 0.6) is 0 Å². The van der Waals surface area contributed by atoms with Gasteiger partial charge in [-0.2, -0.15) is 5.26 Å². The van der Waals surface area contributed by atoms with Gasteiger partial charge in [0.2, 0.25) is 0 Å². The monoisotopic (exact) mass is 172 g/mol. The van der Waals surface area contributed by atoms with Gasteiger partial charge >= 0.3 is 0 Å². The molecule has 1 rings (SSSR count). The number of nitriles is 1. The largest absolute Gasteiger partial charge is 0.297 e. The fraction of sp³-hybridized carbons (Fsp3) is 0.500. The second-order valence-corrected chi connectivity index (χ2v) is 4.23. The molecule has 1 atom stereocenters. The summed E-state index contributed by atoms with van der Waals surface area (Å²) in [6.07, 6.45) is 1.56. The standard InChI is InChI=1S/C6H8N2O2S/c7-2-3-8-6-1-4-11(9,10)5-6/h1,4,6,8H,3,5H2. The highest BCUT2D eigenvalue weighted by molar-refractivity contribution is 7.94. The van der Waals surface area contributed by atoms with E-state index in [1.807, 2.05) is 6.07 Å². The van der Waals surface area contributed by atoms with Crippen molar-refractivity contribution in [3.8, 4) is 6.07 Å². The number of hydrogen-bond donors (Lipinski definition) is 1. The molecule has 0 saturated heterocycles. The van der Waals surface area contributed by atoms with E-state index in [9.17, 15) is 8.42 Å². The summed E-state index contributed by atoms with van der Waals surface area (Å²) < 4.78 is 21.6. The van der Waals surface area contributed by atoms with Crippen molar-refractivity contribution in [1.29, 1.82) is 5.26 Å². The van der Waals surface area contributed by atoms with Gasteiger partial charge in [-0.25, -0.2) is 8.42 Å². The molecule has 1 N–H and O–H groups in total. The number of nitrogens with zero attached hydrogens (tertiary/aromatic N) is 1. The van der Waals surface area contributed by atoms with Crippen LogP contribution in [-0.4, -0.2) is 26.8 Å². The van der Waals surface area contributed by atoms with Crippen LogP contribution in [0.4, 0.5) is 0 Å². The first kappa shape index (κ1) is 8.24. The van der Waals surface area contributed by atoms with E-state index in [2.05, 4.69) is 5.32 Å². The van der Waals surface area contributed by atoms with E-state index in [-0.39, 0.29) is 18.3 Å². The Morgan fingerprint density at radius 2 is 2.45 bits per heavy atom. The van der Waals surface area contributed by atoms with Gasteiger partial charge in [-0.3, -0.25) is 5.32 Å². The van der Waals surface area contributed by atoms with Crippen molar-refractivity contribution in [3.63, 3.8) is 0 Å². The highest BCUT2D eigenvalue weighted by Crippen LogP contribution is 2.06. The molecule has 1 aliphatic heterocycles. The average molecular weight is 172 g/mol. The molecule has 0 spiro atoms. The second-order valence-electron chi connectivity index (χ2n) is 2.30. The molecule has 4 nitrogen and oxygen atoms in total. The van der Waals surface area contributed by atoms with Crippen molar-refractivity contribution in [3.05, 3.63) is 11.5 Å². The van der Waals surface area contributed by atoms with Crippen LogP contribution in [0.1, 0.15) is 0 Å². The molecule has 0 bridgehead atoms. The Morgan fingerprint density at radius 3 is 2.91 bits per heavy atom. The molecular formula is C6H8N2O2S. The molecule has 0 aromatic heterocycles. The third-order valence-corrected chi connectivity index (χ3v) is 2.77. The van der Waals surface area contributed by atoms with Gasteiger partial charge in [-0.15, -0.1) is 0 Å². The summed E-state index contributed by atoms with van der Waals surface area (Å²) in [4.78, 5) is 0. The van der Waals surface area contributed by atoms with Gasteiger partial charge in [0, 0.05) is 11.4 Å². The first-order chi connectivity index (χ1) is 5.14. The Labute approximate surface area is 65.4 Å². The molecule has 11 heavy (non-hydrogen) atoms. The van der Waals surface area contributed by atoms with Crippen molar-refractivity contribution >= 4 is 9.84 Å². The van der Waals surface area contributed by atoms with Crippen LogP contribution in [-0.2, 0) is 9.84 Å². The first-order valence-electron chi connectivity index (χ1n) is 3.15. The van der Waals surface area contributed by atoms with Crippen LogP contribution < -0.4 is 5.32 Å². The lowest BCUT2D eigenvalue weighted by atomic mass is 10.3. The van der Waals surface area contributed by atoms with Gasteiger partial charge in [-0.05, 0) is 0 Å². The first-order valence-corrected chi connectivity index (χ1v) is 4.87. The van der Waals surface area contributed by atoms with Crippen molar-refractivity contribution < 1.29 is 8.42 Å². The van der Waals surface area contributed by atoms with Gasteiger partial charge < -0.3 is 0 Å². The molecule has 1 heterocycles. The summed E-state index contributed by atoms with van der Waals surface area (Å²) in [5.41, 5.74) is 0. The van der Waals surface area contributed by atoms with Crippen LogP contribution >= 0.6 is 0 Å². The Hall–Kier alpha value is -0.860. The minimum absolute atomic E-state index is 0.0781. The third kappa shape index (κ3) is 2.33. The van der Waals surface area contributed by atoms with Crippen molar-refractivity contribution in [1.82, 2.24) is 5.32 Å². The minimum atomic E-state index is -2.98. The molecule has 0 amide bonds. The molecule has 0 fully saturated rings. The van der Waals surface area contributed by atoms with Crippen LogP contribution in [0, 0.1) is 11.3 Å². The van der Waals surface area contributed by atoms with E-state index in [1.54, 1.807) is 6.08 Å². The summed E-state index contributed by atoms with van der Waals surface area (Å²) >= 11 is 0. The Kier molecular flexibility index (Phi) is 2.27. The average Bonchev–Trinajstić information content (AvgIpc) is 2.26. The molecule has 60 valence electrons. The lowest BCUT2D eigenvalue weighted by Crippen LogP contribution is -2.30. The predicted molar refractivity (Wildman–Crippen MR) is 40.3 cm³/mol. The topological polar surface area (TPSA) is 70.0 Å². The highest BCUT2D eigenvalue weighted by Gasteiger charge is 2.20. The highest BCUT2D eigenvalue weighted by atomic mass is 32.2. The van der Waals surface area contributed by atoms with E-state index >= 15 is 0 Å². The van der Waals surface area contributed by atoms with E-state index in [0.29, 0.717) is 0 Å². The van der Waals surface area contributed by atoms with Gasteiger partial charge in [0.1, 0.15) is 0 Å². The van der Waals surface area contributed by atoms with E-state index < -0.39 is 9.84 Å². The summed E-state index contributed by atoms with van der Waals surface area (Å²) in [7, 11) is -2.98. The molecule has 1 unspecified atom stereocenters. The van der Waals surface area contributed by atoms with E-state index in [1.165, 1.54) is 5.41 Å². The molecule has 1 aliphatic rings. The van der Waals surface area contributed by atoms with E-state index in [0.717, 1.165) is 0 Å². The molecule has 5 heteroatoms. The fourth-order valence-corrected chi connectivity index (χ4v) is 2.15. The maximum Gasteiger partial charge on any atom is 0.173 e. The quantitative estimate of drug-likeness (QED) is 0.565. The van der Waals surface area contributed by atoms with Crippen LogP contribution in [0.25, 0.3) is 0 Å². The predicted octanol–water partition coefficient (Wildman–Crippen LogP) is -0.590. The summed E-state index contributed by atoms with van der Waals surface area (Å²) in [5.74, 6) is 0.0781. The molecule has 0 aromatic rings. The van der Waals surface area contributed by atoms with Gasteiger partial charge in [0.25, 0.3) is 0 Å². The number of sulfone groups is 1. The molecule has 0 aromatic carbocycles. The third-order valence-electron chi connectivity index (χ3n) is 1.37. The molecule has 0 radical (unpaired) electrons. The van der Waals surface area contributed by atoms with Crippen LogP contribution in [0.2, 0.25) is 0 Å². The maximum absolute atomic E-state index is 10.8. The Balaban J connectivity index is 2.46. The summed E-state index contributed by atoms with van der Waals surface area (Å²) in [6, 6.07) is 1.70. The number of nitrogens with one attached hydrogen (secondary N) is 1. The summed E-state index contributed by atoms with van der Waals surface area (Å²) in [6.45, 7) is 0.185. The normalized spacial score (nSPS) is 26.6. The van der Waals surface area contributed by atoms with Crippen LogP contribution in [0.15, 0.2) is 11.5 Å². The SMILES string of the molecule is N#CCNC1C=CS(=O)(=O)C1. The number of rotatable bonds is 2. The van der Waals surface area contributed by atoms with Gasteiger partial charge in [0.15, 0.2) is 9.84 Å². The molecular weight excluding hydrogens is 164 g/mol. The Morgan fingerprint density at radius 1 is 1.73 bits per heavy atom. The maximum atomic E-state index is 10.8. The molecule has 0 saturated carbocycles. The smallest absolute Gasteiger partial charge is 0.173 e. The lowest BCUT2D eigenvalue weighted by Gasteiger charge is -2.03. The zero-order valence-electron chi connectivity index (χ0n) is 5.82. The summed E-state index contributed by atoms with van der Waals surface area (Å²) in [5, 5.41) is 12.1. The zero-order chi connectivity index (χ0) is 8.32. The van der Waals surface area contributed by atoms with E-state index in [4.69, 9.17) is 5.26 Å². The zero-order valence-corrected chi connectivity index (χ0v) is 6.63. The van der Waals surface area contributed by atoms with Gasteiger partial charge in [0.05, 0.1) is 18.4 Å². The van der Waals surface area contributed by atoms with Crippen molar-refractivity contribution in [2.24, 2.45) is 0 Å². The lowest BCUT2D eigenvalue weighted by molar-refractivity contribution is 0.598. The van der Waals surface area contributed by atoms with Crippen molar-refractivity contribution in [2.45, 2.75) is 6.04 Å².